The Balaban J connectivity index is 1.58. The van der Waals surface area contributed by atoms with Crippen LogP contribution in [0.3, 0.4) is 0 Å². The summed E-state index contributed by atoms with van der Waals surface area (Å²) in [4.78, 5) is 28.3. The molecule has 1 aliphatic heterocycles. The van der Waals surface area contributed by atoms with Gasteiger partial charge < -0.3 is 14.8 Å². The van der Waals surface area contributed by atoms with Crippen molar-refractivity contribution in [3.05, 3.63) is 58.3 Å². The fourth-order valence-electron chi connectivity index (χ4n) is 3.15. The molecular formula is C17H17FN6OS. The van der Waals surface area contributed by atoms with Crippen LogP contribution in [0.15, 0.2) is 36.2 Å². The van der Waals surface area contributed by atoms with Crippen LogP contribution < -0.4 is 10.2 Å². The molecule has 1 atom stereocenters. The molecule has 7 nitrogen and oxygen atoms in total. The summed E-state index contributed by atoms with van der Waals surface area (Å²) in [7, 11) is 1.88. The molecule has 26 heavy (non-hydrogen) atoms. The number of hydrogen-bond donors (Lipinski definition) is 1. The number of rotatable bonds is 4. The molecule has 0 radical (unpaired) electrons. The Labute approximate surface area is 153 Å². The second-order valence-electron chi connectivity index (χ2n) is 6.12. The molecule has 3 aromatic rings. The first-order chi connectivity index (χ1) is 12.6. The maximum Gasteiger partial charge on any atom is 0.231 e. The average molecular weight is 372 g/mol. The number of imidazole rings is 1. The van der Waals surface area contributed by atoms with Gasteiger partial charge >= 0.3 is 0 Å². The van der Waals surface area contributed by atoms with Gasteiger partial charge in [0.15, 0.2) is 5.82 Å². The van der Waals surface area contributed by atoms with Gasteiger partial charge in [0, 0.05) is 18.5 Å². The van der Waals surface area contributed by atoms with Gasteiger partial charge in [-0.1, -0.05) is 6.07 Å². The third-order valence-corrected chi connectivity index (χ3v) is 5.24. The maximum absolute atomic E-state index is 13.1. The molecule has 0 bridgehead atoms. The lowest BCUT2D eigenvalue weighted by molar-refractivity contribution is -0.122. The summed E-state index contributed by atoms with van der Waals surface area (Å²) >= 11 is 1.60. The van der Waals surface area contributed by atoms with Crippen molar-refractivity contribution in [1.82, 2.24) is 24.8 Å². The van der Waals surface area contributed by atoms with Gasteiger partial charge in [0.05, 0.1) is 49.1 Å². The number of nitrogens with one attached hydrogen (secondary N) is 1. The molecule has 4 heterocycles. The summed E-state index contributed by atoms with van der Waals surface area (Å²) in [6.07, 6.45) is 3.96. The molecule has 9 heteroatoms. The molecule has 0 saturated heterocycles. The monoisotopic (exact) mass is 372 g/mol. The number of fused-ring (bicyclic) bond motifs is 1. The Morgan fingerprint density at radius 2 is 2.19 bits per heavy atom. The Morgan fingerprint density at radius 1 is 1.38 bits per heavy atom. The van der Waals surface area contributed by atoms with Crippen LogP contribution in [-0.2, 0) is 24.9 Å². The van der Waals surface area contributed by atoms with Gasteiger partial charge in [0.2, 0.25) is 11.9 Å². The molecular weight excluding hydrogens is 355 g/mol. The summed E-state index contributed by atoms with van der Waals surface area (Å²) in [5.41, 5.74) is 1.70. The largest absolute Gasteiger partial charge is 0.351 e. The SMILES string of the molecule is Cn1cnc2c1C(C(=O)NCc1cccs1)CN(c1ncc(F)cn1)C2. The highest BCUT2D eigenvalue weighted by atomic mass is 32.1. The van der Waals surface area contributed by atoms with E-state index < -0.39 is 11.7 Å². The predicted molar refractivity (Wildman–Crippen MR) is 95.2 cm³/mol. The van der Waals surface area contributed by atoms with Crippen LogP contribution in [0.4, 0.5) is 10.3 Å². The van der Waals surface area contributed by atoms with E-state index in [0.717, 1.165) is 28.7 Å². The second kappa shape index (κ2) is 6.83. The standard InChI is InChI=1S/C17H17FN6OS/c1-23-10-22-14-9-24(17-20-5-11(18)6-21-17)8-13(15(14)23)16(25)19-7-12-3-2-4-26-12/h2-6,10,13H,7-9H2,1H3,(H,19,25). The van der Waals surface area contributed by atoms with Crippen LogP contribution >= 0.6 is 11.3 Å². The highest BCUT2D eigenvalue weighted by Gasteiger charge is 2.34. The van der Waals surface area contributed by atoms with E-state index in [2.05, 4.69) is 20.3 Å². The first-order valence-corrected chi connectivity index (χ1v) is 9.02. The van der Waals surface area contributed by atoms with E-state index in [-0.39, 0.29) is 5.91 Å². The topological polar surface area (TPSA) is 75.9 Å². The Bertz CT molecular complexity index is 908. The van der Waals surface area contributed by atoms with Crippen molar-refractivity contribution in [3.8, 4) is 0 Å². The number of carbonyl (C=O) groups is 1. The summed E-state index contributed by atoms with van der Waals surface area (Å²) in [5.74, 6) is -0.580. The lowest BCUT2D eigenvalue weighted by Crippen LogP contribution is -2.42. The summed E-state index contributed by atoms with van der Waals surface area (Å²) in [6, 6.07) is 3.94. The van der Waals surface area contributed by atoms with Crippen molar-refractivity contribution in [2.75, 3.05) is 11.4 Å². The molecule has 0 saturated carbocycles. The Hall–Kier alpha value is -2.81. The summed E-state index contributed by atoms with van der Waals surface area (Å²) in [5, 5.41) is 4.98. The third kappa shape index (κ3) is 3.17. The van der Waals surface area contributed by atoms with Gasteiger partial charge in [-0.15, -0.1) is 11.3 Å². The van der Waals surface area contributed by atoms with E-state index in [1.807, 2.05) is 34.0 Å². The fourth-order valence-corrected chi connectivity index (χ4v) is 3.79. The smallest absolute Gasteiger partial charge is 0.231 e. The van der Waals surface area contributed by atoms with Crippen LogP contribution in [-0.4, -0.2) is 32.0 Å². The predicted octanol–water partition coefficient (Wildman–Crippen LogP) is 1.83. The van der Waals surface area contributed by atoms with E-state index in [1.165, 1.54) is 0 Å². The zero-order valence-electron chi connectivity index (χ0n) is 14.1. The van der Waals surface area contributed by atoms with Gasteiger partial charge in [-0.05, 0) is 11.4 Å². The minimum absolute atomic E-state index is 0.0740. The van der Waals surface area contributed by atoms with Crippen LogP contribution in [0.2, 0.25) is 0 Å². The van der Waals surface area contributed by atoms with Crippen molar-refractivity contribution in [3.63, 3.8) is 0 Å². The van der Waals surface area contributed by atoms with E-state index in [4.69, 9.17) is 0 Å². The van der Waals surface area contributed by atoms with Crippen molar-refractivity contribution in [1.29, 1.82) is 0 Å². The number of halogens is 1. The second-order valence-corrected chi connectivity index (χ2v) is 7.15. The lowest BCUT2D eigenvalue weighted by Gasteiger charge is -2.32. The normalized spacial score (nSPS) is 16.4. The number of thiophene rings is 1. The molecule has 3 aromatic heterocycles. The van der Waals surface area contributed by atoms with Gasteiger partial charge in [-0.3, -0.25) is 4.79 Å². The van der Waals surface area contributed by atoms with Gasteiger partial charge in [0.25, 0.3) is 0 Å². The first kappa shape index (κ1) is 16.6. The quantitative estimate of drug-likeness (QED) is 0.756. The number of nitrogens with zero attached hydrogens (tertiary/aromatic N) is 5. The van der Waals surface area contributed by atoms with E-state index >= 15 is 0 Å². The van der Waals surface area contributed by atoms with Crippen LogP contribution in [0, 0.1) is 5.82 Å². The molecule has 1 aliphatic rings. The number of amides is 1. The van der Waals surface area contributed by atoms with Crippen LogP contribution in [0.25, 0.3) is 0 Å². The molecule has 0 aliphatic carbocycles. The van der Waals surface area contributed by atoms with Crippen molar-refractivity contribution in [2.45, 2.75) is 19.0 Å². The number of aromatic nitrogens is 4. The van der Waals surface area contributed by atoms with Crippen molar-refractivity contribution in [2.24, 2.45) is 7.05 Å². The summed E-state index contributed by atoms with van der Waals surface area (Å²) < 4.78 is 15.0. The molecule has 1 amide bonds. The Kier molecular flexibility index (Phi) is 4.37. The van der Waals surface area contributed by atoms with Gasteiger partial charge in [-0.25, -0.2) is 19.3 Å². The zero-order chi connectivity index (χ0) is 18.1. The molecule has 0 fully saturated rings. The van der Waals surface area contributed by atoms with Gasteiger partial charge in [-0.2, -0.15) is 0 Å². The average Bonchev–Trinajstić information content (AvgIpc) is 3.30. The minimum atomic E-state index is -0.491. The maximum atomic E-state index is 13.1. The molecule has 1 unspecified atom stereocenters. The van der Waals surface area contributed by atoms with Crippen molar-refractivity contribution < 1.29 is 9.18 Å². The lowest BCUT2D eigenvalue weighted by atomic mass is 9.97. The highest BCUT2D eigenvalue weighted by Crippen LogP contribution is 2.29. The fraction of sp³-hybridized carbons (Fsp3) is 0.294. The van der Waals surface area contributed by atoms with Gasteiger partial charge in [0.1, 0.15) is 0 Å². The van der Waals surface area contributed by atoms with E-state index in [0.29, 0.717) is 25.6 Å². The van der Waals surface area contributed by atoms with Crippen LogP contribution in [0.5, 0.6) is 0 Å². The van der Waals surface area contributed by atoms with E-state index in [1.54, 1.807) is 17.7 Å². The molecule has 4 rings (SSSR count). The molecule has 134 valence electrons. The van der Waals surface area contributed by atoms with Crippen LogP contribution in [0.1, 0.15) is 22.2 Å². The van der Waals surface area contributed by atoms with Crippen molar-refractivity contribution >= 4 is 23.2 Å². The highest BCUT2D eigenvalue weighted by molar-refractivity contribution is 7.09. The number of aryl methyl sites for hydroxylation is 1. The van der Waals surface area contributed by atoms with E-state index in [9.17, 15) is 9.18 Å². The number of carbonyl (C=O) groups excluding carboxylic acids is 1. The first-order valence-electron chi connectivity index (χ1n) is 8.14. The number of anilines is 1. The molecule has 1 N–H and O–H groups in total. The molecule has 0 aromatic carbocycles. The minimum Gasteiger partial charge on any atom is -0.351 e. The Morgan fingerprint density at radius 3 is 2.92 bits per heavy atom. The number of hydrogen-bond acceptors (Lipinski definition) is 6. The zero-order valence-corrected chi connectivity index (χ0v) is 14.9. The summed E-state index contributed by atoms with van der Waals surface area (Å²) in [6.45, 7) is 1.39. The third-order valence-electron chi connectivity index (χ3n) is 4.36. The molecule has 0 spiro atoms.